The van der Waals surface area contributed by atoms with E-state index in [-0.39, 0.29) is 6.54 Å². The van der Waals surface area contributed by atoms with Gasteiger partial charge in [0.25, 0.3) is 0 Å². The molecule has 1 aromatic heterocycles. The molecule has 0 spiro atoms. The van der Waals surface area contributed by atoms with Crippen molar-refractivity contribution in [2.45, 2.75) is 6.54 Å². The molecule has 1 atom stereocenters. The van der Waals surface area contributed by atoms with Crippen molar-refractivity contribution in [3.8, 4) is 6.07 Å². The average molecular weight is 347 g/mol. The summed E-state index contributed by atoms with van der Waals surface area (Å²) in [4.78, 5) is 24.1. The Bertz CT molecular complexity index is 672. The van der Waals surface area contributed by atoms with Crippen LogP contribution in [0.1, 0.15) is 16.1 Å². The van der Waals surface area contributed by atoms with E-state index < -0.39 is 17.6 Å². The van der Waals surface area contributed by atoms with Gasteiger partial charge < -0.3 is 9.73 Å². The smallest absolute Gasteiger partial charge is 0.245 e. The first-order valence-corrected chi connectivity index (χ1v) is 6.90. The number of nitrogens with zero attached hydrogens (tertiary/aromatic N) is 1. The molecule has 1 aromatic carbocycles. The molecule has 21 heavy (non-hydrogen) atoms. The lowest BCUT2D eigenvalue weighted by Crippen LogP contribution is -2.34. The third-order valence-electron chi connectivity index (χ3n) is 2.80. The number of benzene rings is 1. The Hall–Kier alpha value is -2.39. The molecule has 1 N–H and O–H groups in total. The standard InChI is InChI=1S/C15H11BrN2O3/c16-11-5-3-10(4-6-11)14(19)13(8-17)15(20)18-9-12-2-1-7-21-12/h1-7,13H,9H2,(H,18,20). The van der Waals surface area contributed by atoms with E-state index in [4.69, 9.17) is 9.68 Å². The first kappa shape index (κ1) is 15.0. The van der Waals surface area contributed by atoms with Crippen LogP contribution in [0, 0.1) is 17.2 Å². The van der Waals surface area contributed by atoms with Crippen molar-refractivity contribution in [1.29, 1.82) is 5.26 Å². The number of carbonyl (C=O) groups excluding carboxylic acids is 2. The number of carbonyl (C=O) groups is 2. The van der Waals surface area contributed by atoms with E-state index in [1.165, 1.54) is 6.26 Å². The monoisotopic (exact) mass is 346 g/mol. The Morgan fingerprint density at radius 3 is 2.57 bits per heavy atom. The zero-order valence-corrected chi connectivity index (χ0v) is 12.5. The van der Waals surface area contributed by atoms with Crippen LogP contribution in [-0.2, 0) is 11.3 Å². The minimum atomic E-state index is -1.37. The van der Waals surface area contributed by atoms with Crippen LogP contribution in [0.2, 0.25) is 0 Å². The minimum Gasteiger partial charge on any atom is -0.467 e. The van der Waals surface area contributed by atoms with Crippen LogP contribution in [-0.4, -0.2) is 11.7 Å². The maximum absolute atomic E-state index is 12.2. The number of nitrogens with one attached hydrogen (secondary N) is 1. The van der Waals surface area contributed by atoms with Gasteiger partial charge in [0.1, 0.15) is 5.76 Å². The van der Waals surface area contributed by atoms with E-state index in [0.717, 1.165) is 4.47 Å². The zero-order valence-electron chi connectivity index (χ0n) is 10.9. The molecule has 0 aliphatic heterocycles. The molecule has 5 nitrogen and oxygen atoms in total. The van der Waals surface area contributed by atoms with Crippen molar-refractivity contribution >= 4 is 27.6 Å². The largest absolute Gasteiger partial charge is 0.467 e. The van der Waals surface area contributed by atoms with Gasteiger partial charge in [-0.15, -0.1) is 0 Å². The second-order valence-corrected chi connectivity index (χ2v) is 5.15. The highest BCUT2D eigenvalue weighted by Gasteiger charge is 2.27. The summed E-state index contributed by atoms with van der Waals surface area (Å²) >= 11 is 3.26. The van der Waals surface area contributed by atoms with E-state index >= 15 is 0 Å². The Labute approximate surface area is 129 Å². The van der Waals surface area contributed by atoms with Crippen molar-refractivity contribution < 1.29 is 14.0 Å². The summed E-state index contributed by atoms with van der Waals surface area (Å²) in [5, 5.41) is 11.6. The van der Waals surface area contributed by atoms with E-state index in [0.29, 0.717) is 11.3 Å². The summed E-state index contributed by atoms with van der Waals surface area (Å²) in [6.07, 6.45) is 1.48. The third kappa shape index (κ3) is 3.80. The maximum atomic E-state index is 12.2. The van der Waals surface area contributed by atoms with Crippen molar-refractivity contribution in [3.63, 3.8) is 0 Å². The van der Waals surface area contributed by atoms with Crippen LogP contribution >= 0.6 is 15.9 Å². The summed E-state index contributed by atoms with van der Waals surface area (Å²) in [7, 11) is 0. The van der Waals surface area contributed by atoms with Crippen LogP contribution in [0.4, 0.5) is 0 Å². The second kappa shape index (κ2) is 6.86. The van der Waals surface area contributed by atoms with Crippen LogP contribution in [0.25, 0.3) is 0 Å². The number of Topliss-reactive ketones (excluding diaryl/α,β-unsaturated/α-hetero) is 1. The predicted octanol–water partition coefficient (Wildman–Crippen LogP) is 2.68. The quantitative estimate of drug-likeness (QED) is 0.666. The number of nitriles is 1. The van der Waals surface area contributed by atoms with Crippen molar-refractivity contribution in [2.24, 2.45) is 5.92 Å². The molecule has 6 heteroatoms. The first-order chi connectivity index (χ1) is 10.1. The van der Waals surface area contributed by atoms with Crippen LogP contribution < -0.4 is 5.32 Å². The number of amides is 1. The second-order valence-electron chi connectivity index (χ2n) is 4.23. The van der Waals surface area contributed by atoms with E-state index in [1.54, 1.807) is 42.5 Å². The molecule has 0 aliphatic carbocycles. The van der Waals surface area contributed by atoms with Crippen molar-refractivity contribution in [3.05, 3.63) is 58.5 Å². The number of halogens is 1. The Morgan fingerprint density at radius 1 is 1.29 bits per heavy atom. The molecule has 0 fully saturated rings. The van der Waals surface area contributed by atoms with E-state index in [9.17, 15) is 9.59 Å². The highest BCUT2D eigenvalue weighted by molar-refractivity contribution is 9.10. The Kier molecular flexibility index (Phi) is 4.90. The lowest BCUT2D eigenvalue weighted by molar-refractivity contribution is -0.122. The average Bonchev–Trinajstić information content (AvgIpc) is 3.00. The van der Waals surface area contributed by atoms with Gasteiger partial charge in [0.15, 0.2) is 11.7 Å². The third-order valence-corrected chi connectivity index (χ3v) is 3.33. The molecule has 2 aromatic rings. The molecular weight excluding hydrogens is 336 g/mol. The number of hydrogen-bond acceptors (Lipinski definition) is 4. The number of ketones is 1. The zero-order chi connectivity index (χ0) is 15.2. The lowest BCUT2D eigenvalue weighted by Gasteiger charge is -2.08. The molecule has 1 unspecified atom stereocenters. The van der Waals surface area contributed by atoms with Crippen LogP contribution in [0.15, 0.2) is 51.6 Å². The van der Waals surface area contributed by atoms with Gasteiger partial charge in [-0.3, -0.25) is 9.59 Å². The SMILES string of the molecule is N#CC(C(=O)NCc1ccco1)C(=O)c1ccc(Br)cc1. The molecule has 2 rings (SSSR count). The molecule has 1 heterocycles. The van der Waals surface area contributed by atoms with E-state index in [1.807, 2.05) is 0 Å². The molecule has 0 aliphatic rings. The Morgan fingerprint density at radius 2 is 2.00 bits per heavy atom. The summed E-state index contributed by atoms with van der Waals surface area (Å²) in [5.41, 5.74) is 0.317. The summed E-state index contributed by atoms with van der Waals surface area (Å²) in [5.74, 6) is -1.99. The van der Waals surface area contributed by atoms with Gasteiger partial charge >= 0.3 is 0 Å². The normalized spacial score (nSPS) is 11.4. The number of furan rings is 1. The van der Waals surface area contributed by atoms with Crippen LogP contribution in [0.3, 0.4) is 0 Å². The highest BCUT2D eigenvalue weighted by Crippen LogP contribution is 2.14. The van der Waals surface area contributed by atoms with Crippen molar-refractivity contribution in [2.75, 3.05) is 0 Å². The van der Waals surface area contributed by atoms with Gasteiger partial charge in [-0.25, -0.2) is 0 Å². The Balaban J connectivity index is 2.04. The van der Waals surface area contributed by atoms with Gasteiger partial charge in [0.2, 0.25) is 5.91 Å². The maximum Gasteiger partial charge on any atom is 0.245 e. The molecular formula is C15H11BrN2O3. The van der Waals surface area contributed by atoms with Gasteiger partial charge in [-0.2, -0.15) is 5.26 Å². The fraction of sp³-hybridized carbons (Fsp3) is 0.133. The summed E-state index contributed by atoms with van der Waals surface area (Å²) in [6.45, 7) is 0.137. The number of hydrogen-bond donors (Lipinski definition) is 1. The molecule has 1 amide bonds. The topological polar surface area (TPSA) is 83.1 Å². The summed E-state index contributed by atoms with van der Waals surface area (Å²) < 4.78 is 5.88. The van der Waals surface area contributed by atoms with E-state index in [2.05, 4.69) is 21.2 Å². The molecule has 106 valence electrons. The first-order valence-electron chi connectivity index (χ1n) is 6.11. The highest BCUT2D eigenvalue weighted by atomic mass is 79.9. The lowest BCUT2D eigenvalue weighted by atomic mass is 9.98. The van der Waals surface area contributed by atoms with Crippen LogP contribution in [0.5, 0.6) is 0 Å². The predicted molar refractivity (Wildman–Crippen MR) is 78.1 cm³/mol. The molecule has 0 bridgehead atoms. The molecule has 0 saturated carbocycles. The van der Waals surface area contributed by atoms with Gasteiger partial charge in [0, 0.05) is 10.0 Å². The molecule has 0 radical (unpaired) electrons. The minimum absolute atomic E-state index is 0.137. The van der Waals surface area contributed by atoms with Gasteiger partial charge in [-0.05, 0) is 24.3 Å². The fourth-order valence-corrected chi connectivity index (χ4v) is 1.97. The summed E-state index contributed by atoms with van der Waals surface area (Å²) in [6, 6.07) is 11.6. The fourth-order valence-electron chi connectivity index (χ4n) is 1.71. The van der Waals surface area contributed by atoms with Gasteiger partial charge in [0.05, 0.1) is 18.9 Å². The van der Waals surface area contributed by atoms with Gasteiger partial charge in [-0.1, -0.05) is 28.1 Å². The number of rotatable bonds is 5. The molecule has 0 saturated heterocycles. The van der Waals surface area contributed by atoms with Crippen molar-refractivity contribution in [1.82, 2.24) is 5.32 Å².